The van der Waals surface area contributed by atoms with E-state index in [1.165, 1.54) is 0 Å². The third kappa shape index (κ3) is 4.05. The van der Waals surface area contributed by atoms with E-state index < -0.39 is 0 Å². The summed E-state index contributed by atoms with van der Waals surface area (Å²) in [6.07, 6.45) is 0. The largest absolute Gasteiger partial charge is 0.460 e. The van der Waals surface area contributed by atoms with E-state index in [1.807, 2.05) is 30.3 Å². The summed E-state index contributed by atoms with van der Waals surface area (Å²) in [5.74, 6) is -0.142. The van der Waals surface area contributed by atoms with Gasteiger partial charge in [0, 0.05) is 25.2 Å². The SMILES string of the molecule is C[C@@H]1CN(C)C[C@@H](C)N1CC(=O)OCc1ccccc1. The number of carbonyl (C=O) groups excluding carboxylic acids is 1. The summed E-state index contributed by atoms with van der Waals surface area (Å²) >= 11 is 0. The fourth-order valence-electron chi connectivity index (χ4n) is 2.87. The highest BCUT2D eigenvalue weighted by atomic mass is 16.5. The van der Waals surface area contributed by atoms with Gasteiger partial charge in [-0.05, 0) is 26.5 Å². The van der Waals surface area contributed by atoms with Crippen LogP contribution in [0.2, 0.25) is 0 Å². The zero-order chi connectivity index (χ0) is 14.5. The van der Waals surface area contributed by atoms with E-state index in [1.54, 1.807) is 0 Å². The fourth-order valence-corrected chi connectivity index (χ4v) is 2.87. The molecule has 4 nitrogen and oxygen atoms in total. The van der Waals surface area contributed by atoms with Crippen molar-refractivity contribution in [3.8, 4) is 0 Å². The predicted molar refractivity (Wildman–Crippen MR) is 79.4 cm³/mol. The van der Waals surface area contributed by atoms with Gasteiger partial charge in [-0.15, -0.1) is 0 Å². The molecule has 20 heavy (non-hydrogen) atoms. The second-order valence-corrected chi connectivity index (χ2v) is 5.74. The third-order valence-electron chi connectivity index (χ3n) is 3.84. The molecular weight excluding hydrogens is 252 g/mol. The van der Waals surface area contributed by atoms with Crippen LogP contribution in [0.25, 0.3) is 0 Å². The lowest BCUT2D eigenvalue weighted by atomic mass is 10.1. The molecule has 0 radical (unpaired) electrons. The maximum Gasteiger partial charge on any atom is 0.320 e. The summed E-state index contributed by atoms with van der Waals surface area (Å²) < 4.78 is 5.36. The van der Waals surface area contributed by atoms with Gasteiger partial charge in [0.05, 0.1) is 6.54 Å². The summed E-state index contributed by atoms with van der Waals surface area (Å²) in [5, 5.41) is 0. The minimum atomic E-state index is -0.142. The summed E-state index contributed by atoms with van der Waals surface area (Å²) in [5.41, 5.74) is 1.03. The Hall–Kier alpha value is -1.39. The lowest BCUT2D eigenvalue weighted by Crippen LogP contribution is -2.56. The Morgan fingerprint density at radius 1 is 1.20 bits per heavy atom. The summed E-state index contributed by atoms with van der Waals surface area (Å²) in [6, 6.07) is 10.6. The van der Waals surface area contributed by atoms with E-state index in [9.17, 15) is 4.79 Å². The lowest BCUT2D eigenvalue weighted by Gasteiger charge is -2.42. The molecule has 4 heteroatoms. The van der Waals surface area contributed by atoms with Crippen LogP contribution in [0.4, 0.5) is 0 Å². The first-order valence-corrected chi connectivity index (χ1v) is 7.20. The maximum atomic E-state index is 12.0. The topological polar surface area (TPSA) is 32.8 Å². The molecule has 1 heterocycles. The maximum absolute atomic E-state index is 12.0. The van der Waals surface area contributed by atoms with Gasteiger partial charge in [0.15, 0.2) is 0 Å². The van der Waals surface area contributed by atoms with Gasteiger partial charge in [0.1, 0.15) is 6.61 Å². The van der Waals surface area contributed by atoms with E-state index in [4.69, 9.17) is 4.74 Å². The van der Waals surface area contributed by atoms with Crippen LogP contribution in [0.5, 0.6) is 0 Å². The van der Waals surface area contributed by atoms with Crippen LogP contribution in [0, 0.1) is 0 Å². The van der Waals surface area contributed by atoms with Crippen LogP contribution in [0.1, 0.15) is 19.4 Å². The number of hydrogen-bond donors (Lipinski definition) is 0. The minimum absolute atomic E-state index is 0.142. The van der Waals surface area contributed by atoms with Crippen molar-refractivity contribution < 1.29 is 9.53 Å². The average Bonchev–Trinajstić information content (AvgIpc) is 2.42. The first kappa shape index (κ1) is 15.0. The van der Waals surface area contributed by atoms with E-state index >= 15 is 0 Å². The van der Waals surface area contributed by atoms with Gasteiger partial charge in [-0.1, -0.05) is 30.3 Å². The first-order valence-electron chi connectivity index (χ1n) is 7.20. The molecule has 1 fully saturated rings. The Bertz CT molecular complexity index is 423. The number of benzene rings is 1. The standard InChI is InChI=1S/C16H24N2O2/c1-13-9-17(3)10-14(2)18(13)11-16(19)20-12-15-7-5-4-6-8-15/h4-8,13-14H,9-12H2,1-3H3/t13-,14-/m1/s1. The molecule has 0 N–H and O–H groups in total. The van der Waals surface area contributed by atoms with Crippen LogP contribution in [0.3, 0.4) is 0 Å². The first-order chi connectivity index (χ1) is 9.56. The molecule has 1 aliphatic heterocycles. The van der Waals surface area contributed by atoms with Crippen molar-refractivity contribution in [3.05, 3.63) is 35.9 Å². The van der Waals surface area contributed by atoms with Gasteiger partial charge in [0.2, 0.25) is 0 Å². The van der Waals surface area contributed by atoms with Crippen LogP contribution in [0.15, 0.2) is 30.3 Å². The number of hydrogen-bond acceptors (Lipinski definition) is 4. The molecule has 0 unspecified atom stereocenters. The number of nitrogens with zero attached hydrogens (tertiary/aromatic N) is 2. The highest BCUT2D eigenvalue weighted by Crippen LogP contribution is 2.14. The highest BCUT2D eigenvalue weighted by Gasteiger charge is 2.29. The number of carbonyl (C=O) groups is 1. The molecule has 110 valence electrons. The number of likely N-dealkylation sites (N-methyl/N-ethyl adjacent to an activating group) is 1. The van der Waals surface area contributed by atoms with Crippen molar-refractivity contribution >= 4 is 5.97 Å². The number of rotatable bonds is 4. The molecule has 2 rings (SSSR count). The quantitative estimate of drug-likeness (QED) is 0.785. The Kier molecular flexibility index (Phi) is 5.15. The monoisotopic (exact) mass is 276 g/mol. The van der Waals surface area contributed by atoms with Crippen molar-refractivity contribution in [2.45, 2.75) is 32.5 Å². The third-order valence-corrected chi connectivity index (χ3v) is 3.84. The molecule has 2 atom stereocenters. The van der Waals surface area contributed by atoms with Gasteiger partial charge in [-0.25, -0.2) is 0 Å². The van der Waals surface area contributed by atoms with E-state index in [-0.39, 0.29) is 5.97 Å². The fraction of sp³-hybridized carbons (Fsp3) is 0.562. The van der Waals surface area contributed by atoms with Crippen LogP contribution < -0.4 is 0 Å². The van der Waals surface area contributed by atoms with Crippen LogP contribution in [-0.2, 0) is 16.1 Å². The van der Waals surface area contributed by atoms with E-state index in [0.717, 1.165) is 18.7 Å². The van der Waals surface area contributed by atoms with Crippen LogP contribution in [-0.4, -0.2) is 54.5 Å². The van der Waals surface area contributed by atoms with Crippen molar-refractivity contribution in [1.29, 1.82) is 0 Å². The zero-order valence-corrected chi connectivity index (χ0v) is 12.6. The smallest absolute Gasteiger partial charge is 0.320 e. The molecule has 0 bridgehead atoms. The molecule has 1 saturated heterocycles. The molecule has 1 aromatic carbocycles. The Morgan fingerprint density at radius 2 is 1.80 bits per heavy atom. The minimum Gasteiger partial charge on any atom is -0.460 e. The second-order valence-electron chi connectivity index (χ2n) is 5.74. The average molecular weight is 276 g/mol. The molecular formula is C16H24N2O2. The highest BCUT2D eigenvalue weighted by molar-refractivity contribution is 5.71. The van der Waals surface area contributed by atoms with Gasteiger partial charge in [-0.3, -0.25) is 9.69 Å². The normalized spacial score (nSPS) is 24.6. The van der Waals surface area contributed by atoms with E-state index in [0.29, 0.717) is 25.2 Å². The molecule has 0 saturated carbocycles. The molecule has 0 amide bonds. The number of ether oxygens (including phenoxy) is 1. The Balaban J connectivity index is 1.82. The lowest BCUT2D eigenvalue weighted by molar-refractivity contribution is -0.148. The number of piperazine rings is 1. The van der Waals surface area contributed by atoms with Gasteiger partial charge < -0.3 is 9.64 Å². The Labute approximate surface area is 121 Å². The predicted octanol–water partition coefficient (Wildman–Crippen LogP) is 1.75. The molecule has 0 aliphatic carbocycles. The van der Waals surface area contributed by atoms with Crippen molar-refractivity contribution in [3.63, 3.8) is 0 Å². The van der Waals surface area contributed by atoms with E-state index in [2.05, 4.69) is 30.7 Å². The zero-order valence-electron chi connectivity index (χ0n) is 12.6. The molecule has 0 spiro atoms. The van der Waals surface area contributed by atoms with Crippen molar-refractivity contribution in [2.75, 3.05) is 26.7 Å². The summed E-state index contributed by atoms with van der Waals surface area (Å²) in [6.45, 7) is 7.05. The van der Waals surface area contributed by atoms with Crippen molar-refractivity contribution in [2.24, 2.45) is 0 Å². The summed E-state index contributed by atoms with van der Waals surface area (Å²) in [7, 11) is 2.12. The van der Waals surface area contributed by atoms with Gasteiger partial charge >= 0.3 is 5.97 Å². The summed E-state index contributed by atoms with van der Waals surface area (Å²) in [4.78, 5) is 16.5. The molecule has 1 aliphatic rings. The van der Waals surface area contributed by atoms with Gasteiger partial charge in [-0.2, -0.15) is 0 Å². The van der Waals surface area contributed by atoms with Crippen molar-refractivity contribution in [1.82, 2.24) is 9.80 Å². The number of esters is 1. The molecule has 1 aromatic rings. The second kappa shape index (κ2) is 6.86. The molecule has 0 aromatic heterocycles. The van der Waals surface area contributed by atoms with Gasteiger partial charge in [0.25, 0.3) is 0 Å². The Morgan fingerprint density at radius 3 is 2.40 bits per heavy atom. The van der Waals surface area contributed by atoms with Crippen LogP contribution >= 0.6 is 0 Å².